The number of phenolic OH excluding ortho intramolecular Hbond substituents is 1. The number of allylic oxidation sites excluding steroid dienone is 1. The highest BCUT2D eigenvalue weighted by Gasteiger charge is 2.61. The van der Waals surface area contributed by atoms with Gasteiger partial charge in [0.05, 0.1) is 21.3 Å². The predicted octanol–water partition coefficient (Wildman–Crippen LogP) is 3.66. The molecule has 0 aromatic heterocycles. The Bertz CT molecular complexity index is 1450. The first kappa shape index (κ1) is 31.0. The Hall–Kier alpha value is -3.96. The summed E-state index contributed by atoms with van der Waals surface area (Å²) in [7, 11) is 7.88. The van der Waals surface area contributed by atoms with Crippen molar-refractivity contribution in [1.82, 2.24) is 10.2 Å². The number of hydrogen-bond donors (Lipinski definition) is 3. The molecule has 1 spiro atoms. The molecule has 1 aliphatic heterocycles. The lowest BCUT2D eigenvalue weighted by Gasteiger charge is -2.38. The molecule has 3 atom stereocenters. The number of carbonyl (C=O) groups excluding carboxylic acids is 3. The number of nitrogens with zero attached hydrogens (tertiary/aromatic N) is 1. The maximum absolute atomic E-state index is 14.2. The number of rotatable bonds is 10. The molecule has 0 radical (unpaired) electrons. The minimum absolute atomic E-state index is 0.0112. The SMILES string of the molecule is COc1cc(C(CC(=O)NCCN(C)C)C2=C(O)C3(Oc4c(Cl)c(OC)cc(OC)c4C3=O)C(C)CC2=O)ccc1O. The van der Waals surface area contributed by atoms with Crippen LogP contribution in [0.25, 0.3) is 0 Å². The van der Waals surface area contributed by atoms with Crippen LogP contribution in [0.1, 0.15) is 41.6 Å². The molecule has 0 bridgehead atoms. The number of aromatic hydroxyl groups is 1. The van der Waals surface area contributed by atoms with Crippen LogP contribution < -0.4 is 24.3 Å². The summed E-state index contributed by atoms with van der Waals surface area (Å²) >= 11 is 6.54. The van der Waals surface area contributed by atoms with Crippen molar-refractivity contribution >= 4 is 29.1 Å². The van der Waals surface area contributed by atoms with Crippen LogP contribution in [0.15, 0.2) is 35.6 Å². The lowest BCUT2D eigenvalue weighted by molar-refractivity contribution is -0.121. The molecular formula is C30H35ClN2O9. The van der Waals surface area contributed by atoms with E-state index in [2.05, 4.69) is 5.32 Å². The highest BCUT2D eigenvalue weighted by Crippen LogP contribution is 2.56. The molecule has 2 aliphatic rings. The van der Waals surface area contributed by atoms with Gasteiger partial charge in [-0.25, -0.2) is 0 Å². The van der Waals surface area contributed by atoms with Gasteiger partial charge in [-0.2, -0.15) is 0 Å². The van der Waals surface area contributed by atoms with E-state index in [-0.39, 0.29) is 63.7 Å². The summed E-state index contributed by atoms with van der Waals surface area (Å²) in [5.74, 6) is -3.63. The Balaban J connectivity index is 1.89. The molecule has 3 N–H and O–H groups in total. The highest BCUT2D eigenvalue weighted by atomic mass is 35.5. The topological polar surface area (TPSA) is 144 Å². The number of nitrogens with one attached hydrogen (secondary N) is 1. The number of Topliss-reactive ketones (excluding diaryl/α,β-unsaturated/α-hetero) is 2. The number of ketones is 2. The van der Waals surface area contributed by atoms with Gasteiger partial charge in [-0.05, 0) is 31.8 Å². The summed E-state index contributed by atoms with van der Waals surface area (Å²) in [5, 5.41) is 25.0. The molecule has 4 rings (SSSR count). The summed E-state index contributed by atoms with van der Waals surface area (Å²) in [6.45, 7) is 2.57. The number of methoxy groups -OCH3 is 3. The van der Waals surface area contributed by atoms with Gasteiger partial charge in [0, 0.05) is 49.4 Å². The summed E-state index contributed by atoms with van der Waals surface area (Å²) in [4.78, 5) is 42.9. The second-order valence-electron chi connectivity index (χ2n) is 10.6. The molecule has 42 heavy (non-hydrogen) atoms. The van der Waals surface area contributed by atoms with E-state index in [4.69, 9.17) is 30.5 Å². The van der Waals surface area contributed by atoms with E-state index in [9.17, 15) is 24.6 Å². The van der Waals surface area contributed by atoms with Crippen LogP contribution in [0.5, 0.6) is 28.7 Å². The highest BCUT2D eigenvalue weighted by molar-refractivity contribution is 6.35. The van der Waals surface area contributed by atoms with Crippen LogP contribution in [0, 0.1) is 5.92 Å². The van der Waals surface area contributed by atoms with E-state index in [1.54, 1.807) is 6.92 Å². The number of aliphatic hydroxyl groups is 1. The van der Waals surface area contributed by atoms with Crippen molar-refractivity contribution in [3.05, 3.63) is 51.7 Å². The van der Waals surface area contributed by atoms with Crippen molar-refractivity contribution in [3.63, 3.8) is 0 Å². The smallest absolute Gasteiger partial charge is 0.231 e. The normalized spacial score (nSPS) is 20.4. The van der Waals surface area contributed by atoms with Gasteiger partial charge in [-0.1, -0.05) is 24.6 Å². The molecule has 1 amide bonds. The standard InChI is InChI=1S/C30H35ClN2O9/c1-15-11-19(35)24(17(13-23(36)32-9-10-33(2)3)16-7-8-18(34)20(12-16)39-4)28(37)30(15)29(38)25-21(40-5)14-22(41-6)26(31)27(25)42-30/h7-8,12,14-15,17,34,37H,9-11,13H2,1-6H3,(H,32,36). The van der Waals surface area contributed by atoms with Gasteiger partial charge in [0.15, 0.2) is 28.8 Å². The number of aliphatic hydroxyl groups excluding tert-OH is 1. The number of benzene rings is 2. The first-order valence-electron chi connectivity index (χ1n) is 13.3. The molecule has 1 aliphatic carbocycles. The van der Waals surface area contributed by atoms with Crippen LogP contribution in [0.3, 0.4) is 0 Å². The first-order chi connectivity index (χ1) is 19.9. The molecule has 2 aromatic rings. The molecule has 0 saturated carbocycles. The van der Waals surface area contributed by atoms with Gasteiger partial charge in [0.2, 0.25) is 17.3 Å². The molecule has 11 nitrogen and oxygen atoms in total. The fourth-order valence-electron chi connectivity index (χ4n) is 5.51. The van der Waals surface area contributed by atoms with Gasteiger partial charge in [0.1, 0.15) is 22.1 Å². The lowest BCUT2D eigenvalue weighted by Crippen LogP contribution is -2.53. The van der Waals surface area contributed by atoms with E-state index < -0.39 is 34.8 Å². The maximum Gasteiger partial charge on any atom is 0.231 e. The fourth-order valence-corrected chi connectivity index (χ4v) is 5.78. The molecule has 12 heteroatoms. The van der Waals surface area contributed by atoms with E-state index >= 15 is 0 Å². The maximum atomic E-state index is 14.2. The van der Waals surface area contributed by atoms with Crippen molar-refractivity contribution in [2.24, 2.45) is 5.92 Å². The number of halogens is 1. The molecule has 3 unspecified atom stereocenters. The summed E-state index contributed by atoms with van der Waals surface area (Å²) in [6.07, 6.45) is -0.403. The summed E-state index contributed by atoms with van der Waals surface area (Å²) in [5.41, 5.74) is -1.73. The molecule has 0 fully saturated rings. The predicted molar refractivity (Wildman–Crippen MR) is 154 cm³/mol. The number of likely N-dealkylation sites (N-methyl/N-ethyl adjacent to an activating group) is 1. The van der Waals surface area contributed by atoms with Crippen LogP contribution in [0.4, 0.5) is 0 Å². The molecule has 2 aromatic carbocycles. The minimum Gasteiger partial charge on any atom is -0.507 e. The van der Waals surface area contributed by atoms with Gasteiger partial charge in [-0.3, -0.25) is 14.4 Å². The zero-order valence-corrected chi connectivity index (χ0v) is 25.1. The average molecular weight is 603 g/mol. The number of fused-ring (bicyclic) bond motifs is 1. The van der Waals surface area contributed by atoms with Gasteiger partial charge in [0.25, 0.3) is 0 Å². The molecule has 226 valence electrons. The number of phenols is 1. The van der Waals surface area contributed by atoms with Crippen molar-refractivity contribution in [2.75, 3.05) is 48.5 Å². The van der Waals surface area contributed by atoms with Gasteiger partial charge >= 0.3 is 0 Å². The summed E-state index contributed by atoms with van der Waals surface area (Å²) < 4.78 is 22.3. The van der Waals surface area contributed by atoms with Gasteiger partial charge < -0.3 is 39.4 Å². The quantitative estimate of drug-likeness (QED) is 0.368. The second-order valence-corrected chi connectivity index (χ2v) is 11.0. The number of carbonyl (C=O) groups is 3. The first-order valence-corrected chi connectivity index (χ1v) is 13.7. The Morgan fingerprint density at radius 3 is 2.40 bits per heavy atom. The number of hydrogen-bond acceptors (Lipinski definition) is 10. The minimum atomic E-state index is -2.00. The molecular weight excluding hydrogens is 568 g/mol. The van der Waals surface area contributed by atoms with E-state index in [1.807, 2.05) is 19.0 Å². The van der Waals surface area contributed by atoms with Crippen LogP contribution in [-0.2, 0) is 9.59 Å². The molecule has 0 saturated heterocycles. The van der Waals surface area contributed by atoms with Crippen LogP contribution >= 0.6 is 11.6 Å². The monoisotopic (exact) mass is 602 g/mol. The largest absolute Gasteiger partial charge is 0.507 e. The Morgan fingerprint density at radius 2 is 1.79 bits per heavy atom. The Morgan fingerprint density at radius 1 is 1.12 bits per heavy atom. The van der Waals surface area contributed by atoms with E-state index in [0.717, 1.165) is 0 Å². The average Bonchev–Trinajstić information content (AvgIpc) is 3.26. The number of ether oxygens (including phenoxy) is 4. The lowest BCUT2D eigenvalue weighted by atomic mass is 9.69. The fraction of sp³-hybridized carbons (Fsp3) is 0.433. The third kappa shape index (κ3) is 5.22. The van der Waals surface area contributed by atoms with Crippen molar-refractivity contribution < 1.29 is 43.5 Å². The van der Waals surface area contributed by atoms with Crippen molar-refractivity contribution in [3.8, 4) is 28.7 Å². The Kier molecular flexibility index (Phi) is 8.93. The van der Waals surface area contributed by atoms with Crippen LogP contribution in [0.2, 0.25) is 5.02 Å². The van der Waals surface area contributed by atoms with Crippen LogP contribution in [-0.4, -0.2) is 86.7 Å². The second kappa shape index (κ2) is 12.1. The zero-order chi connectivity index (χ0) is 30.9. The molecule has 1 heterocycles. The van der Waals surface area contributed by atoms with Gasteiger partial charge in [-0.15, -0.1) is 0 Å². The third-order valence-corrected chi connectivity index (χ3v) is 8.09. The van der Waals surface area contributed by atoms with E-state index in [1.165, 1.54) is 45.6 Å². The van der Waals surface area contributed by atoms with E-state index in [0.29, 0.717) is 18.7 Å². The summed E-state index contributed by atoms with van der Waals surface area (Å²) in [6, 6.07) is 5.84. The zero-order valence-electron chi connectivity index (χ0n) is 24.4. The van der Waals surface area contributed by atoms with Crippen molar-refractivity contribution in [2.45, 2.75) is 31.3 Å². The Labute approximate surface area is 248 Å². The van der Waals surface area contributed by atoms with Crippen molar-refractivity contribution in [1.29, 1.82) is 0 Å². The number of amides is 1. The third-order valence-electron chi connectivity index (χ3n) is 7.74.